The zero-order valence-electron chi connectivity index (χ0n) is 36.4. The van der Waals surface area contributed by atoms with E-state index in [1.54, 1.807) is 109 Å². The summed E-state index contributed by atoms with van der Waals surface area (Å²) < 4.78 is 55.9. The van der Waals surface area contributed by atoms with Crippen molar-refractivity contribution in [3.05, 3.63) is 215 Å². The van der Waals surface area contributed by atoms with Gasteiger partial charge in [0.25, 0.3) is 0 Å². The molecule has 6 aromatic rings. The van der Waals surface area contributed by atoms with Gasteiger partial charge in [-0.2, -0.15) is 0 Å². The maximum absolute atomic E-state index is 14.2. The van der Waals surface area contributed by atoms with E-state index >= 15 is 0 Å². The topological polar surface area (TPSA) is 185 Å². The molecule has 0 saturated carbocycles. The van der Waals surface area contributed by atoms with E-state index in [-0.39, 0.29) is 40.0 Å². The van der Waals surface area contributed by atoms with Gasteiger partial charge in [0.05, 0.1) is 40.0 Å². The Morgan fingerprint density at radius 1 is 0.406 bits per heavy atom. The van der Waals surface area contributed by atoms with Crippen LogP contribution in [0, 0.1) is 0 Å². The smallest absolute Gasteiger partial charge is 0.338 e. The predicted molar refractivity (Wildman–Crippen MR) is 247 cm³/mol. The van der Waals surface area contributed by atoms with Crippen molar-refractivity contribution in [3.8, 4) is 0 Å². The summed E-state index contributed by atoms with van der Waals surface area (Å²) in [6.45, 7) is -0.964. The third-order valence-electron chi connectivity index (χ3n) is 10.9. The molecule has 0 N–H and O–H groups in total. The SMILES string of the molecule is O=C(OC[C@H]1O[C@@H](O[C@H]2[C@H](OC(=O)c3ccccc3)[C@@H](Br)OC[C@H]2OC(=O)c2ccccc2)[C@H](OC(=O)c2ccccc2)[C@@H](OC(=O)c2ccccc2)[C@H]1OC(=O)c1ccccc1)c1ccccc1. The monoisotopic (exact) mass is 998 g/mol. The van der Waals surface area contributed by atoms with Gasteiger partial charge in [0.2, 0.25) is 0 Å². The molecule has 0 aromatic heterocycles. The van der Waals surface area contributed by atoms with Crippen LogP contribution < -0.4 is 0 Å². The largest absolute Gasteiger partial charge is 0.459 e. The Balaban J connectivity index is 1.24. The first kappa shape index (κ1) is 48.0. The number of carbonyl (C=O) groups excluding carboxylic acids is 6. The second-order valence-corrected chi connectivity index (χ2v) is 16.4. The van der Waals surface area contributed by atoms with Crippen LogP contribution in [0.3, 0.4) is 0 Å². The van der Waals surface area contributed by atoms with E-state index in [1.165, 1.54) is 72.8 Å². The van der Waals surface area contributed by atoms with Crippen LogP contribution in [-0.2, 0) is 42.6 Å². The zero-order chi connectivity index (χ0) is 48.1. The molecule has 0 spiro atoms. The van der Waals surface area contributed by atoms with Crippen LogP contribution in [0.2, 0.25) is 0 Å². The molecule has 6 aromatic carbocycles. The Hall–Kier alpha value is -7.50. The molecule has 2 aliphatic heterocycles. The number of benzene rings is 6. The fraction of sp³-hybridized carbons (Fsp3) is 0.208. The molecular formula is C53H43BrO15. The van der Waals surface area contributed by atoms with Crippen LogP contribution in [0.1, 0.15) is 62.1 Å². The van der Waals surface area contributed by atoms with Crippen LogP contribution in [0.25, 0.3) is 0 Å². The van der Waals surface area contributed by atoms with E-state index in [0.717, 1.165) is 0 Å². The minimum Gasteiger partial charge on any atom is -0.459 e. The lowest BCUT2D eigenvalue weighted by molar-refractivity contribution is -0.328. The lowest BCUT2D eigenvalue weighted by Crippen LogP contribution is -2.65. The van der Waals surface area contributed by atoms with E-state index in [0.29, 0.717) is 0 Å². The number of ether oxygens (including phenoxy) is 9. The molecule has 0 bridgehead atoms. The van der Waals surface area contributed by atoms with Crippen molar-refractivity contribution >= 4 is 51.7 Å². The lowest BCUT2D eigenvalue weighted by atomic mass is 9.97. The van der Waals surface area contributed by atoms with Gasteiger partial charge >= 0.3 is 35.8 Å². The van der Waals surface area contributed by atoms with E-state index in [4.69, 9.17) is 42.6 Å². The molecule has 2 saturated heterocycles. The standard InChI is InChI=1S/C53H43BrO15/c54-46-44(67-51(59)37-27-15-5-16-28-37)42(39(31-61-46)63-48(56)34-21-9-2-10-22-34)69-53-45(68-52(60)38-29-17-6-18-30-38)43(66-50(58)36-25-13-4-14-26-36)41(65-49(57)35-23-11-3-12-24-35)40(64-53)32-62-47(55)33-19-7-1-8-20-33/h1-30,39-46,53H,31-32H2/t39-,40-,41+,42-,43+,44+,45-,46+,53+/m1/s1. The molecule has 0 aliphatic carbocycles. The van der Waals surface area contributed by atoms with Crippen LogP contribution in [0.15, 0.2) is 182 Å². The summed E-state index contributed by atoms with van der Waals surface area (Å²) >= 11 is 3.46. The Morgan fingerprint density at radius 3 is 1.14 bits per heavy atom. The van der Waals surface area contributed by atoms with Gasteiger partial charge < -0.3 is 42.6 Å². The highest BCUT2D eigenvalue weighted by atomic mass is 79.9. The number of halogens is 1. The van der Waals surface area contributed by atoms with Gasteiger partial charge in [0.15, 0.2) is 41.8 Å². The third kappa shape index (κ3) is 12.2. The molecule has 15 nitrogen and oxygen atoms in total. The molecule has 69 heavy (non-hydrogen) atoms. The first-order valence-corrected chi connectivity index (χ1v) is 22.6. The summed E-state index contributed by atoms with van der Waals surface area (Å²) in [6.07, 6.45) is -13.0. The molecule has 16 heteroatoms. The van der Waals surface area contributed by atoms with Gasteiger partial charge in [0.1, 0.15) is 18.8 Å². The summed E-state index contributed by atoms with van der Waals surface area (Å²) in [5.74, 6) is -5.15. The van der Waals surface area contributed by atoms with E-state index < -0.39 is 96.5 Å². The summed E-state index contributed by atoms with van der Waals surface area (Å²) in [5, 5.41) is -1.09. The highest BCUT2D eigenvalue weighted by Gasteiger charge is 2.56. The average molecular weight is 1000 g/mol. The number of rotatable bonds is 15. The average Bonchev–Trinajstić information content (AvgIpc) is 3.40. The second-order valence-electron chi connectivity index (χ2n) is 15.5. The summed E-state index contributed by atoms with van der Waals surface area (Å²) in [5.41, 5.74) is 0.754. The van der Waals surface area contributed by atoms with Gasteiger partial charge in [-0.3, -0.25) is 0 Å². The Kier molecular flexibility index (Phi) is 16.0. The van der Waals surface area contributed by atoms with E-state index in [9.17, 15) is 28.8 Å². The molecule has 0 radical (unpaired) electrons. The van der Waals surface area contributed by atoms with E-state index in [1.807, 2.05) is 0 Å². The minimum atomic E-state index is -1.86. The number of esters is 6. The minimum absolute atomic E-state index is 0.0667. The molecule has 0 unspecified atom stereocenters. The van der Waals surface area contributed by atoms with Crippen molar-refractivity contribution in [1.29, 1.82) is 0 Å². The van der Waals surface area contributed by atoms with Gasteiger partial charge in [-0.15, -0.1) is 0 Å². The van der Waals surface area contributed by atoms with Crippen molar-refractivity contribution in [2.75, 3.05) is 13.2 Å². The lowest BCUT2D eigenvalue weighted by Gasteiger charge is -2.47. The van der Waals surface area contributed by atoms with Crippen molar-refractivity contribution in [3.63, 3.8) is 0 Å². The molecule has 2 heterocycles. The maximum atomic E-state index is 14.2. The van der Waals surface area contributed by atoms with E-state index in [2.05, 4.69) is 15.9 Å². The van der Waals surface area contributed by atoms with Crippen molar-refractivity contribution < 1.29 is 71.4 Å². The van der Waals surface area contributed by atoms with Crippen molar-refractivity contribution in [2.45, 2.75) is 54.0 Å². The normalized spacial score (nSPS) is 23.0. The van der Waals surface area contributed by atoms with Crippen LogP contribution in [0.4, 0.5) is 0 Å². The van der Waals surface area contributed by atoms with Crippen molar-refractivity contribution in [2.24, 2.45) is 0 Å². The van der Waals surface area contributed by atoms with Gasteiger partial charge in [-0.05, 0) is 72.8 Å². The summed E-state index contributed by atoms with van der Waals surface area (Å²) in [6, 6.07) is 47.8. The van der Waals surface area contributed by atoms with Crippen LogP contribution >= 0.6 is 15.9 Å². The van der Waals surface area contributed by atoms with Crippen LogP contribution in [0.5, 0.6) is 0 Å². The molecule has 2 fully saturated rings. The number of hydrogen-bond donors (Lipinski definition) is 0. The summed E-state index contributed by atoms with van der Waals surface area (Å²) in [7, 11) is 0. The highest BCUT2D eigenvalue weighted by molar-refractivity contribution is 9.09. The molecule has 9 atom stereocenters. The Labute approximate surface area is 404 Å². The fourth-order valence-corrected chi connectivity index (χ4v) is 8.02. The number of alkyl halides is 1. The molecule has 352 valence electrons. The van der Waals surface area contributed by atoms with Gasteiger partial charge in [0, 0.05) is 0 Å². The molecule has 8 rings (SSSR count). The Morgan fingerprint density at radius 2 is 0.739 bits per heavy atom. The fourth-order valence-electron chi connectivity index (χ4n) is 7.46. The quantitative estimate of drug-likeness (QED) is 0.0550. The Bertz CT molecular complexity index is 2680. The van der Waals surface area contributed by atoms with Crippen molar-refractivity contribution in [1.82, 2.24) is 0 Å². The molecule has 0 amide bonds. The van der Waals surface area contributed by atoms with Gasteiger partial charge in [-0.25, -0.2) is 28.8 Å². The summed E-state index contributed by atoms with van der Waals surface area (Å²) in [4.78, 5) is 83.5. The number of hydrogen-bond acceptors (Lipinski definition) is 15. The number of carbonyl (C=O) groups is 6. The van der Waals surface area contributed by atoms with Gasteiger partial charge in [-0.1, -0.05) is 125 Å². The maximum Gasteiger partial charge on any atom is 0.338 e. The first-order valence-electron chi connectivity index (χ1n) is 21.7. The zero-order valence-corrected chi connectivity index (χ0v) is 38.0. The highest BCUT2D eigenvalue weighted by Crippen LogP contribution is 2.36. The first-order chi connectivity index (χ1) is 33.6. The third-order valence-corrected chi connectivity index (χ3v) is 11.7. The second kappa shape index (κ2) is 23.0. The molecule has 2 aliphatic rings. The molecular weight excluding hydrogens is 956 g/mol. The van der Waals surface area contributed by atoms with Crippen LogP contribution in [-0.4, -0.2) is 103 Å². The predicted octanol–water partition coefficient (Wildman–Crippen LogP) is 7.83.